The molecule has 0 bridgehead atoms. The Labute approximate surface area is 154 Å². The van der Waals surface area contributed by atoms with Crippen LogP contribution in [0.2, 0.25) is 0 Å². The molecule has 1 aromatic heterocycles. The number of carbonyl (C=O) groups is 2. The zero-order chi connectivity index (χ0) is 19.4. The van der Waals surface area contributed by atoms with Gasteiger partial charge in [0.05, 0.1) is 18.0 Å². The van der Waals surface area contributed by atoms with Crippen LogP contribution in [0.15, 0.2) is 24.4 Å². The monoisotopic (exact) mass is 381 g/mol. The molecule has 10 heteroatoms. The average molecular weight is 381 g/mol. The number of nitrogens with one attached hydrogen (secondary N) is 4. The Hall–Kier alpha value is -3.01. The number of aliphatic hydroxyl groups is 1. The summed E-state index contributed by atoms with van der Waals surface area (Å²) in [6.07, 6.45) is 3.39. The van der Waals surface area contributed by atoms with Crippen LogP contribution in [0.1, 0.15) is 37.6 Å². The number of carbonyl (C=O) groups excluding carboxylic acids is 2. The summed E-state index contributed by atoms with van der Waals surface area (Å²) in [7, 11) is 0. The van der Waals surface area contributed by atoms with Crippen molar-refractivity contribution < 1.29 is 24.9 Å². The molecule has 5 N–H and O–H groups in total. The number of urea groups is 1. The standard InChI is InChI=1S/C17H19F2N5O3.H2/c18-11-2-1-3-12(19)14(11)23-17(27)22-13-8-20-24-15(13)16(26)21-9-4-6-10(25)7-5-9;/h1-3,8-10,25H,4-7H2,(H,20,24)(H,21,26)(H2,22,23,27);1H. The second-order valence-corrected chi connectivity index (χ2v) is 6.31. The van der Waals surface area contributed by atoms with E-state index >= 15 is 0 Å². The van der Waals surface area contributed by atoms with E-state index < -0.39 is 29.3 Å². The number of rotatable bonds is 4. The van der Waals surface area contributed by atoms with E-state index in [2.05, 4.69) is 26.1 Å². The van der Waals surface area contributed by atoms with E-state index in [9.17, 15) is 23.5 Å². The summed E-state index contributed by atoms with van der Waals surface area (Å²) >= 11 is 0. The fourth-order valence-corrected chi connectivity index (χ4v) is 2.92. The van der Waals surface area contributed by atoms with Crippen LogP contribution in [-0.4, -0.2) is 39.4 Å². The second kappa shape index (κ2) is 8.12. The molecule has 2 aromatic rings. The van der Waals surface area contributed by atoms with Crippen molar-refractivity contribution in [1.82, 2.24) is 15.5 Å². The van der Waals surface area contributed by atoms with E-state index in [0.717, 1.165) is 12.1 Å². The Morgan fingerprint density at radius 3 is 2.48 bits per heavy atom. The number of benzene rings is 1. The van der Waals surface area contributed by atoms with E-state index in [1.807, 2.05) is 0 Å². The lowest BCUT2D eigenvalue weighted by molar-refractivity contribution is 0.0864. The van der Waals surface area contributed by atoms with Gasteiger partial charge in [-0.05, 0) is 37.8 Å². The van der Waals surface area contributed by atoms with Gasteiger partial charge in [0.15, 0.2) is 0 Å². The lowest BCUT2D eigenvalue weighted by Crippen LogP contribution is -2.39. The Morgan fingerprint density at radius 2 is 1.81 bits per heavy atom. The molecular weight excluding hydrogens is 360 g/mol. The molecule has 27 heavy (non-hydrogen) atoms. The van der Waals surface area contributed by atoms with Crippen LogP contribution in [0, 0.1) is 11.6 Å². The van der Waals surface area contributed by atoms with Gasteiger partial charge in [0.2, 0.25) is 0 Å². The van der Waals surface area contributed by atoms with Crippen molar-refractivity contribution >= 4 is 23.3 Å². The van der Waals surface area contributed by atoms with Crippen LogP contribution in [0.5, 0.6) is 0 Å². The second-order valence-electron chi connectivity index (χ2n) is 6.31. The quantitative estimate of drug-likeness (QED) is 0.559. The van der Waals surface area contributed by atoms with Crippen LogP contribution in [0.4, 0.5) is 25.0 Å². The molecule has 1 heterocycles. The van der Waals surface area contributed by atoms with Gasteiger partial charge >= 0.3 is 6.03 Å². The molecule has 0 spiro atoms. The molecule has 0 radical (unpaired) electrons. The molecule has 0 aliphatic heterocycles. The molecule has 0 saturated heterocycles. The van der Waals surface area contributed by atoms with Crippen LogP contribution < -0.4 is 16.0 Å². The van der Waals surface area contributed by atoms with Crippen LogP contribution in [0.25, 0.3) is 0 Å². The van der Waals surface area contributed by atoms with Crippen LogP contribution in [-0.2, 0) is 0 Å². The first-order valence-electron chi connectivity index (χ1n) is 8.48. The first-order valence-corrected chi connectivity index (χ1v) is 8.48. The molecule has 1 saturated carbocycles. The molecule has 1 aliphatic carbocycles. The van der Waals surface area contributed by atoms with Crippen molar-refractivity contribution in [1.29, 1.82) is 0 Å². The number of aliphatic hydroxyl groups excluding tert-OH is 1. The van der Waals surface area contributed by atoms with Gasteiger partial charge in [0.25, 0.3) is 5.91 Å². The van der Waals surface area contributed by atoms with Crippen LogP contribution in [0.3, 0.4) is 0 Å². The van der Waals surface area contributed by atoms with E-state index in [-0.39, 0.29) is 25.0 Å². The van der Waals surface area contributed by atoms with Gasteiger partial charge in [0.1, 0.15) is 23.0 Å². The van der Waals surface area contributed by atoms with Crippen molar-refractivity contribution in [3.8, 4) is 0 Å². The summed E-state index contributed by atoms with van der Waals surface area (Å²) in [4.78, 5) is 24.4. The van der Waals surface area contributed by atoms with Crippen molar-refractivity contribution in [2.75, 3.05) is 10.6 Å². The summed E-state index contributed by atoms with van der Waals surface area (Å²) in [6.45, 7) is 0. The van der Waals surface area contributed by atoms with E-state index in [1.165, 1.54) is 12.3 Å². The minimum absolute atomic E-state index is 0. The predicted octanol–water partition coefficient (Wildman–Crippen LogP) is 2.61. The molecule has 1 aromatic carbocycles. The first-order chi connectivity index (χ1) is 12.9. The number of para-hydroxylation sites is 1. The lowest BCUT2D eigenvalue weighted by atomic mass is 9.93. The lowest BCUT2D eigenvalue weighted by Gasteiger charge is -2.26. The summed E-state index contributed by atoms with van der Waals surface area (Å²) in [5.74, 6) is -2.31. The predicted molar refractivity (Wildman–Crippen MR) is 95.4 cm³/mol. The number of H-pyrrole nitrogens is 1. The molecule has 1 aliphatic rings. The summed E-state index contributed by atoms with van der Waals surface area (Å²) in [5, 5.41) is 23.0. The molecule has 0 unspecified atom stereocenters. The largest absolute Gasteiger partial charge is 0.393 e. The third kappa shape index (κ3) is 4.59. The van der Waals surface area contributed by atoms with Gasteiger partial charge < -0.3 is 21.1 Å². The number of hydrogen-bond acceptors (Lipinski definition) is 4. The molecule has 8 nitrogen and oxygen atoms in total. The number of halogens is 2. The number of aromatic amines is 1. The molecule has 0 atom stereocenters. The number of aromatic nitrogens is 2. The maximum atomic E-state index is 13.6. The molecule has 3 rings (SSSR count). The van der Waals surface area contributed by atoms with Crippen molar-refractivity contribution in [3.05, 3.63) is 41.7 Å². The van der Waals surface area contributed by atoms with Crippen LogP contribution >= 0.6 is 0 Å². The van der Waals surface area contributed by atoms with E-state index in [4.69, 9.17) is 0 Å². The Kier molecular flexibility index (Phi) is 5.65. The van der Waals surface area contributed by atoms with Gasteiger partial charge in [-0.15, -0.1) is 0 Å². The smallest absolute Gasteiger partial charge is 0.323 e. The summed E-state index contributed by atoms with van der Waals surface area (Å²) < 4.78 is 27.2. The number of amides is 3. The maximum absolute atomic E-state index is 13.6. The number of nitrogens with zero attached hydrogens (tertiary/aromatic N) is 1. The van der Waals surface area contributed by atoms with Gasteiger partial charge in [-0.25, -0.2) is 13.6 Å². The van der Waals surface area contributed by atoms with Gasteiger partial charge in [-0.2, -0.15) is 5.10 Å². The topological polar surface area (TPSA) is 119 Å². The number of hydrogen-bond donors (Lipinski definition) is 5. The SMILES string of the molecule is O=C(Nc1cn[nH]c1C(=O)NC1CCC(O)CC1)Nc1c(F)cccc1F.[HH]. The Balaban J connectivity index is 0.00000280. The van der Waals surface area contributed by atoms with Crippen molar-refractivity contribution in [3.63, 3.8) is 0 Å². The third-order valence-corrected chi connectivity index (χ3v) is 4.35. The molecule has 146 valence electrons. The Morgan fingerprint density at radius 1 is 1.15 bits per heavy atom. The third-order valence-electron chi connectivity index (χ3n) is 4.35. The highest BCUT2D eigenvalue weighted by atomic mass is 19.1. The van der Waals surface area contributed by atoms with Gasteiger partial charge in [0, 0.05) is 7.47 Å². The summed E-state index contributed by atoms with van der Waals surface area (Å²) in [6, 6.07) is 2.19. The molecule has 1 fully saturated rings. The van der Waals surface area contributed by atoms with Crippen molar-refractivity contribution in [2.24, 2.45) is 0 Å². The first kappa shape index (κ1) is 18.8. The highest BCUT2D eigenvalue weighted by Crippen LogP contribution is 2.21. The minimum atomic E-state index is -0.921. The minimum Gasteiger partial charge on any atom is -0.393 e. The highest BCUT2D eigenvalue weighted by molar-refractivity contribution is 6.05. The maximum Gasteiger partial charge on any atom is 0.323 e. The molecular formula is C17H21F2N5O3. The van der Waals surface area contributed by atoms with Gasteiger partial charge in [-0.3, -0.25) is 9.89 Å². The Bertz CT molecular complexity index is 820. The zero-order valence-corrected chi connectivity index (χ0v) is 14.3. The zero-order valence-electron chi connectivity index (χ0n) is 14.3. The van der Waals surface area contributed by atoms with E-state index in [1.54, 1.807) is 0 Å². The number of anilines is 2. The normalized spacial score (nSPS) is 19.4. The fraction of sp³-hybridized carbons (Fsp3) is 0.353. The van der Waals surface area contributed by atoms with Gasteiger partial charge in [-0.1, -0.05) is 6.07 Å². The summed E-state index contributed by atoms with van der Waals surface area (Å²) in [5.41, 5.74) is -0.506. The fourth-order valence-electron chi connectivity index (χ4n) is 2.92. The molecule has 3 amide bonds. The van der Waals surface area contributed by atoms with Crippen molar-refractivity contribution in [2.45, 2.75) is 37.8 Å². The highest BCUT2D eigenvalue weighted by Gasteiger charge is 2.24. The van der Waals surface area contributed by atoms with E-state index in [0.29, 0.717) is 25.7 Å². The average Bonchev–Trinajstić information content (AvgIpc) is 3.08.